The van der Waals surface area contributed by atoms with Gasteiger partial charge in [0.1, 0.15) is 13.2 Å². The lowest BCUT2D eigenvalue weighted by Crippen LogP contribution is -2.15. The monoisotopic (exact) mass is 350 g/mol. The van der Waals surface area contributed by atoms with Crippen LogP contribution in [0.4, 0.5) is 5.69 Å². The molecule has 0 aliphatic carbocycles. The molecule has 6 nitrogen and oxygen atoms in total. The lowest BCUT2D eigenvalue weighted by molar-refractivity contribution is 0.101. The van der Waals surface area contributed by atoms with E-state index < -0.39 is 0 Å². The number of hydrogen-bond donors (Lipinski definition) is 1. The van der Waals surface area contributed by atoms with Gasteiger partial charge in [0.25, 0.3) is 5.91 Å². The van der Waals surface area contributed by atoms with Crippen molar-refractivity contribution in [3.05, 3.63) is 59.8 Å². The Morgan fingerprint density at radius 3 is 2.58 bits per heavy atom. The van der Waals surface area contributed by atoms with E-state index in [9.17, 15) is 4.79 Å². The predicted molar refractivity (Wildman–Crippen MR) is 96.7 cm³/mol. The Kier molecular flexibility index (Phi) is 4.31. The molecule has 0 spiro atoms. The van der Waals surface area contributed by atoms with Crippen molar-refractivity contribution in [3.63, 3.8) is 0 Å². The number of benzene rings is 2. The number of carbonyl (C=O) groups is 1. The fraction of sp³-hybridized carbons (Fsp3) is 0.200. The third-order valence-electron chi connectivity index (χ3n) is 4.19. The standard InChI is InChI=1S/C20H18N2O4/c1-2-13-3-6-15(7-4-13)21-20(23)16-12-18(26-22-16)14-5-8-17-19(11-14)25-10-9-24-17/h3-8,11-12H,2,9-10H2,1H3,(H,21,23). The molecule has 6 heteroatoms. The third kappa shape index (κ3) is 3.26. The van der Waals surface area contributed by atoms with Crippen LogP contribution >= 0.6 is 0 Å². The van der Waals surface area contributed by atoms with Crippen molar-refractivity contribution < 1.29 is 18.8 Å². The van der Waals surface area contributed by atoms with Gasteiger partial charge in [0, 0.05) is 17.3 Å². The Balaban J connectivity index is 1.51. The molecule has 26 heavy (non-hydrogen) atoms. The van der Waals surface area contributed by atoms with Crippen molar-refractivity contribution in [1.29, 1.82) is 0 Å². The van der Waals surface area contributed by atoms with Crippen LogP contribution in [0.2, 0.25) is 0 Å². The number of aryl methyl sites for hydroxylation is 1. The first-order valence-corrected chi connectivity index (χ1v) is 8.50. The van der Waals surface area contributed by atoms with E-state index in [0.29, 0.717) is 30.5 Å². The molecule has 0 fully saturated rings. The van der Waals surface area contributed by atoms with Gasteiger partial charge >= 0.3 is 0 Å². The van der Waals surface area contributed by atoms with Gasteiger partial charge in [0.15, 0.2) is 23.0 Å². The van der Waals surface area contributed by atoms with Gasteiger partial charge in [0.05, 0.1) is 0 Å². The molecule has 1 amide bonds. The molecule has 1 aromatic heterocycles. The minimum atomic E-state index is -0.318. The molecule has 132 valence electrons. The van der Waals surface area contributed by atoms with E-state index in [2.05, 4.69) is 17.4 Å². The first-order valence-electron chi connectivity index (χ1n) is 8.50. The summed E-state index contributed by atoms with van der Waals surface area (Å²) >= 11 is 0. The smallest absolute Gasteiger partial charge is 0.277 e. The van der Waals surface area contributed by atoms with Crippen LogP contribution in [0.15, 0.2) is 53.1 Å². The number of aromatic nitrogens is 1. The normalized spacial score (nSPS) is 12.7. The molecule has 0 saturated heterocycles. The first kappa shape index (κ1) is 16.2. The van der Waals surface area contributed by atoms with E-state index in [1.54, 1.807) is 6.07 Å². The Hall–Kier alpha value is -3.28. The van der Waals surface area contributed by atoms with Gasteiger partial charge in [-0.05, 0) is 42.3 Å². The molecule has 2 heterocycles. The number of nitrogens with one attached hydrogen (secondary N) is 1. The maximum Gasteiger partial charge on any atom is 0.277 e. The second-order valence-electron chi connectivity index (χ2n) is 5.94. The van der Waals surface area contributed by atoms with Gasteiger partial charge in [0.2, 0.25) is 0 Å². The van der Waals surface area contributed by atoms with Crippen molar-refractivity contribution in [3.8, 4) is 22.8 Å². The van der Waals surface area contributed by atoms with E-state index in [-0.39, 0.29) is 11.6 Å². The molecule has 0 bridgehead atoms. The highest BCUT2D eigenvalue weighted by Gasteiger charge is 2.17. The fourth-order valence-electron chi connectivity index (χ4n) is 2.73. The largest absolute Gasteiger partial charge is 0.486 e. The van der Waals surface area contributed by atoms with Crippen molar-refractivity contribution in [1.82, 2.24) is 5.16 Å². The lowest BCUT2D eigenvalue weighted by atomic mass is 10.1. The number of hydrogen-bond acceptors (Lipinski definition) is 5. The van der Waals surface area contributed by atoms with E-state index in [4.69, 9.17) is 14.0 Å². The molecule has 3 aromatic rings. The van der Waals surface area contributed by atoms with Crippen LogP contribution in [0, 0.1) is 0 Å². The fourth-order valence-corrected chi connectivity index (χ4v) is 2.73. The molecule has 0 radical (unpaired) electrons. The predicted octanol–water partition coefficient (Wildman–Crippen LogP) is 3.93. The molecule has 0 atom stereocenters. The van der Waals surface area contributed by atoms with Crippen LogP contribution in [-0.2, 0) is 6.42 Å². The zero-order valence-electron chi connectivity index (χ0n) is 14.3. The number of anilines is 1. The number of fused-ring (bicyclic) bond motifs is 1. The summed E-state index contributed by atoms with van der Waals surface area (Å²) < 4.78 is 16.4. The summed E-state index contributed by atoms with van der Waals surface area (Å²) in [5.41, 5.74) is 2.92. The van der Waals surface area contributed by atoms with Gasteiger partial charge in [-0.15, -0.1) is 0 Å². The van der Waals surface area contributed by atoms with Crippen LogP contribution in [0.5, 0.6) is 11.5 Å². The highest BCUT2D eigenvalue weighted by molar-refractivity contribution is 6.03. The van der Waals surface area contributed by atoms with Gasteiger partial charge in [-0.2, -0.15) is 0 Å². The van der Waals surface area contributed by atoms with Crippen molar-refractivity contribution in [2.24, 2.45) is 0 Å². The first-order chi connectivity index (χ1) is 12.7. The van der Waals surface area contributed by atoms with Crippen molar-refractivity contribution in [2.45, 2.75) is 13.3 Å². The number of nitrogens with zero attached hydrogens (tertiary/aromatic N) is 1. The molecule has 1 aliphatic rings. The second-order valence-corrected chi connectivity index (χ2v) is 5.94. The van der Waals surface area contributed by atoms with E-state index in [1.807, 2.05) is 42.5 Å². The van der Waals surface area contributed by atoms with Crippen LogP contribution in [0.25, 0.3) is 11.3 Å². The van der Waals surface area contributed by atoms with E-state index in [0.717, 1.165) is 17.7 Å². The molecule has 0 saturated carbocycles. The van der Waals surface area contributed by atoms with Crippen molar-refractivity contribution in [2.75, 3.05) is 18.5 Å². The maximum atomic E-state index is 12.4. The zero-order valence-corrected chi connectivity index (χ0v) is 14.3. The third-order valence-corrected chi connectivity index (χ3v) is 4.19. The minimum Gasteiger partial charge on any atom is -0.486 e. The summed E-state index contributed by atoms with van der Waals surface area (Å²) in [7, 11) is 0. The Morgan fingerprint density at radius 2 is 1.81 bits per heavy atom. The number of amides is 1. The van der Waals surface area contributed by atoms with Gasteiger partial charge in [-0.1, -0.05) is 24.2 Å². The summed E-state index contributed by atoms with van der Waals surface area (Å²) in [6, 6.07) is 14.8. The summed E-state index contributed by atoms with van der Waals surface area (Å²) in [4.78, 5) is 12.4. The van der Waals surface area contributed by atoms with Crippen LogP contribution < -0.4 is 14.8 Å². The quantitative estimate of drug-likeness (QED) is 0.772. The summed E-state index contributed by atoms with van der Waals surface area (Å²) in [5, 5.41) is 6.69. The summed E-state index contributed by atoms with van der Waals surface area (Å²) in [6.07, 6.45) is 0.955. The topological polar surface area (TPSA) is 73.6 Å². The lowest BCUT2D eigenvalue weighted by Gasteiger charge is -2.18. The molecular weight excluding hydrogens is 332 g/mol. The van der Waals surface area contributed by atoms with Gasteiger partial charge in [-0.25, -0.2) is 0 Å². The number of carbonyl (C=O) groups excluding carboxylic acids is 1. The SMILES string of the molecule is CCc1ccc(NC(=O)c2cc(-c3ccc4c(c3)OCCO4)on2)cc1. The second kappa shape index (κ2) is 6.92. The molecule has 4 rings (SSSR count). The van der Waals surface area contributed by atoms with Crippen LogP contribution in [0.3, 0.4) is 0 Å². The van der Waals surface area contributed by atoms with Crippen molar-refractivity contribution >= 4 is 11.6 Å². The minimum absolute atomic E-state index is 0.217. The number of rotatable bonds is 4. The molecule has 0 unspecified atom stereocenters. The van der Waals surface area contributed by atoms with E-state index >= 15 is 0 Å². The molecular formula is C20H18N2O4. The van der Waals surface area contributed by atoms with E-state index in [1.165, 1.54) is 5.56 Å². The maximum absolute atomic E-state index is 12.4. The zero-order chi connectivity index (χ0) is 17.9. The van der Waals surface area contributed by atoms with Crippen LogP contribution in [0.1, 0.15) is 23.0 Å². The van der Waals surface area contributed by atoms with Gasteiger partial charge < -0.3 is 19.3 Å². The average Bonchev–Trinajstić information content (AvgIpc) is 3.18. The molecule has 1 N–H and O–H groups in total. The Bertz CT molecular complexity index is 931. The Morgan fingerprint density at radius 1 is 1.04 bits per heavy atom. The highest BCUT2D eigenvalue weighted by atomic mass is 16.6. The number of ether oxygens (including phenoxy) is 2. The summed E-state index contributed by atoms with van der Waals surface area (Å²) in [5.74, 6) is 1.54. The molecule has 2 aromatic carbocycles. The van der Waals surface area contributed by atoms with Gasteiger partial charge in [-0.3, -0.25) is 4.79 Å². The Labute approximate surface area is 150 Å². The average molecular weight is 350 g/mol. The highest BCUT2D eigenvalue weighted by Crippen LogP contribution is 2.34. The van der Waals surface area contributed by atoms with Crippen LogP contribution in [-0.4, -0.2) is 24.3 Å². The molecule has 1 aliphatic heterocycles. The summed E-state index contributed by atoms with van der Waals surface area (Å²) in [6.45, 7) is 3.14.